The van der Waals surface area contributed by atoms with Crippen LogP contribution in [0.4, 0.5) is 0 Å². The summed E-state index contributed by atoms with van der Waals surface area (Å²) in [6.07, 6.45) is 2.97. The molecule has 0 spiro atoms. The van der Waals surface area contributed by atoms with Gasteiger partial charge in [0.15, 0.2) is 0 Å². The first-order valence-corrected chi connectivity index (χ1v) is 6.33. The third-order valence-corrected chi connectivity index (χ3v) is 3.01. The molecule has 6 nitrogen and oxygen atoms in total. The van der Waals surface area contributed by atoms with Gasteiger partial charge < -0.3 is 20.1 Å². The molecule has 0 radical (unpaired) electrons. The smallest absolute Gasteiger partial charge is 0.305 e. The normalized spacial score (nSPS) is 19.7. The van der Waals surface area contributed by atoms with Gasteiger partial charge in [-0.25, -0.2) is 0 Å². The Morgan fingerprint density at radius 3 is 2.89 bits per heavy atom. The van der Waals surface area contributed by atoms with E-state index >= 15 is 0 Å². The van der Waals surface area contributed by atoms with Gasteiger partial charge in [0, 0.05) is 26.1 Å². The molecule has 1 atom stereocenters. The largest absolute Gasteiger partial charge is 0.469 e. The summed E-state index contributed by atoms with van der Waals surface area (Å²) in [5.41, 5.74) is 5.34. The molecule has 0 saturated carbocycles. The summed E-state index contributed by atoms with van der Waals surface area (Å²) in [7, 11) is 1.38. The van der Waals surface area contributed by atoms with Crippen LogP contribution in [0.25, 0.3) is 0 Å². The molecule has 1 unspecified atom stereocenters. The molecule has 0 bridgehead atoms. The van der Waals surface area contributed by atoms with Crippen LogP contribution in [-0.2, 0) is 19.1 Å². The Morgan fingerprint density at radius 2 is 2.22 bits per heavy atom. The highest BCUT2D eigenvalue weighted by Gasteiger charge is 2.23. The van der Waals surface area contributed by atoms with Crippen molar-refractivity contribution in [3.63, 3.8) is 0 Å². The Morgan fingerprint density at radius 1 is 1.44 bits per heavy atom. The Bertz CT molecular complexity index is 283. The first-order valence-electron chi connectivity index (χ1n) is 6.33. The third-order valence-electron chi connectivity index (χ3n) is 3.01. The van der Waals surface area contributed by atoms with Crippen molar-refractivity contribution in [2.45, 2.75) is 31.8 Å². The van der Waals surface area contributed by atoms with E-state index < -0.39 is 0 Å². The van der Waals surface area contributed by atoms with Gasteiger partial charge in [0.2, 0.25) is 5.91 Å². The lowest BCUT2D eigenvalue weighted by Crippen LogP contribution is -2.45. The van der Waals surface area contributed by atoms with Crippen molar-refractivity contribution in [1.29, 1.82) is 0 Å². The van der Waals surface area contributed by atoms with E-state index in [9.17, 15) is 9.59 Å². The van der Waals surface area contributed by atoms with E-state index in [1.54, 1.807) is 4.90 Å². The minimum atomic E-state index is -0.220. The van der Waals surface area contributed by atoms with Crippen molar-refractivity contribution in [3.05, 3.63) is 0 Å². The van der Waals surface area contributed by atoms with Crippen molar-refractivity contribution in [2.24, 2.45) is 5.73 Å². The van der Waals surface area contributed by atoms with Crippen LogP contribution in [-0.4, -0.2) is 56.2 Å². The number of rotatable bonds is 6. The van der Waals surface area contributed by atoms with Gasteiger partial charge in [0.25, 0.3) is 0 Å². The number of esters is 1. The van der Waals surface area contributed by atoms with Gasteiger partial charge in [-0.05, 0) is 19.3 Å². The van der Waals surface area contributed by atoms with Crippen LogP contribution in [0.15, 0.2) is 0 Å². The summed E-state index contributed by atoms with van der Waals surface area (Å²) in [5, 5.41) is 0. The number of nitrogens with zero attached hydrogens (tertiary/aromatic N) is 1. The van der Waals surface area contributed by atoms with Crippen LogP contribution in [0, 0.1) is 0 Å². The fourth-order valence-corrected chi connectivity index (χ4v) is 2.00. The van der Waals surface area contributed by atoms with Gasteiger partial charge in [-0.15, -0.1) is 0 Å². The summed E-state index contributed by atoms with van der Waals surface area (Å²) in [4.78, 5) is 24.1. The molecule has 0 aromatic rings. The second kappa shape index (κ2) is 8.05. The maximum atomic E-state index is 11.5. The van der Waals surface area contributed by atoms with Crippen molar-refractivity contribution in [3.8, 4) is 0 Å². The van der Waals surface area contributed by atoms with Gasteiger partial charge in [0.05, 0.1) is 19.8 Å². The van der Waals surface area contributed by atoms with Crippen LogP contribution >= 0.6 is 0 Å². The predicted molar refractivity (Wildman–Crippen MR) is 65.9 cm³/mol. The third kappa shape index (κ3) is 5.01. The Hall–Kier alpha value is -1.14. The summed E-state index contributed by atoms with van der Waals surface area (Å²) in [6.45, 7) is 1.94. The quantitative estimate of drug-likeness (QED) is 0.531. The zero-order valence-electron chi connectivity index (χ0n) is 10.9. The molecule has 1 fully saturated rings. The zero-order valence-corrected chi connectivity index (χ0v) is 10.9. The van der Waals surface area contributed by atoms with E-state index in [-0.39, 0.29) is 24.5 Å². The molecular weight excluding hydrogens is 236 g/mol. The minimum Gasteiger partial charge on any atom is -0.469 e. The fourth-order valence-electron chi connectivity index (χ4n) is 2.00. The van der Waals surface area contributed by atoms with Crippen LogP contribution in [0.3, 0.4) is 0 Å². The van der Waals surface area contributed by atoms with Crippen molar-refractivity contribution >= 4 is 11.9 Å². The molecule has 1 saturated heterocycles. The predicted octanol–water partition coefficient (Wildman–Crippen LogP) is -0.0941. The van der Waals surface area contributed by atoms with E-state index in [1.807, 2.05) is 0 Å². The number of carbonyl (C=O) groups excluding carboxylic acids is 2. The molecule has 1 heterocycles. The lowest BCUT2D eigenvalue weighted by molar-refractivity contribution is -0.141. The molecule has 104 valence electrons. The van der Waals surface area contributed by atoms with Gasteiger partial charge >= 0.3 is 5.97 Å². The number of methoxy groups -OCH3 is 1. The molecule has 6 heteroatoms. The molecular formula is C12H22N2O4. The van der Waals surface area contributed by atoms with Gasteiger partial charge in [-0.1, -0.05) is 0 Å². The average Bonchev–Trinajstić information content (AvgIpc) is 2.42. The summed E-state index contributed by atoms with van der Waals surface area (Å²) in [5.74, 6) is -0.250. The number of amides is 1. The zero-order chi connectivity index (χ0) is 13.4. The first-order chi connectivity index (χ1) is 8.67. The van der Waals surface area contributed by atoms with E-state index in [1.165, 1.54) is 7.11 Å². The summed E-state index contributed by atoms with van der Waals surface area (Å²) >= 11 is 0. The van der Waals surface area contributed by atoms with Gasteiger partial charge in [-0.2, -0.15) is 0 Å². The highest BCUT2D eigenvalue weighted by Crippen LogP contribution is 2.13. The number of piperidine rings is 1. The molecule has 0 aliphatic carbocycles. The van der Waals surface area contributed by atoms with Crippen LogP contribution in [0.1, 0.15) is 25.7 Å². The van der Waals surface area contributed by atoms with Crippen molar-refractivity contribution < 1.29 is 19.1 Å². The molecule has 1 amide bonds. The van der Waals surface area contributed by atoms with Gasteiger partial charge in [0.1, 0.15) is 0 Å². The summed E-state index contributed by atoms with van der Waals surface area (Å²) in [6, 6.07) is 0. The number of nitrogens with two attached hydrogens (primary N) is 1. The Labute approximate surface area is 107 Å². The molecule has 0 aromatic carbocycles. The SMILES string of the molecule is COC(=O)CCCOC1CCCN(C(=O)CN)C1. The van der Waals surface area contributed by atoms with Crippen LogP contribution in [0.5, 0.6) is 0 Å². The number of hydrogen-bond donors (Lipinski definition) is 1. The van der Waals surface area contributed by atoms with Crippen LogP contribution < -0.4 is 5.73 Å². The highest BCUT2D eigenvalue weighted by molar-refractivity contribution is 5.78. The number of ether oxygens (including phenoxy) is 2. The summed E-state index contributed by atoms with van der Waals surface area (Å²) < 4.78 is 10.2. The van der Waals surface area contributed by atoms with E-state index in [2.05, 4.69) is 4.74 Å². The molecule has 1 aliphatic heterocycles. The van der Waals surface area contributed by atoms with Crippen molar-refractivity contribution in [2.75, 3.05) is 33.4 Å². The maximum Gasteiger partial charge on any atom is 0.305 e. The second-order valence-electron chi connectivity index (χ2n) is 4.36. The molecule has 18 heavy (non-hydrogen) atoms. The molecule has 1 rings (SSSR count). The number of hydrogen-bond acceptors (Lipinski definition) is 5. The number of likely N-dealkylation sites (tertiary alicyclic amines) is 1. The van der Waals surface area contributed by atoms with Gasteiger partial charge in [-0.3, -0.25) is 9.59 Å². The Balaban J connectivity index is 2.18. The minimum absolute atomic E-state index is 0.0298. The second-order valence-corrected chi connectivity index (χ2v) is 4.36. The highest BCUT2D eigenvalue weighted by atomic mass is 16.5. The Kier molecular flexibility index (Phi) is 6.67. The first kappa shape index (κ1) is 14.9. The topological polar surface area (TPSA) is 81.9 Å². The number of carbonyl (C=O) groups is 2. The maximum absolute atomic E-state index is 11.5. The van der Waals surface area contributed by atoms with Crippen LogP contribution in [0.2, 0.25) is 0 Å². The van der Waals surface area contributed by atoms with E-state index in [0.717, 1.165) is 19.4 Å². The lowest BCUT2D eigenvalue weighted by Gasteiger charge is -2.32. The molecule has 2 N–H and O–H groups in total. The van der Waals surface area contributed by atoms with E-state index in [4.69, 9.17) is 10.5 Å². The molecule has 1 aliphatic rings. The van der Waals surface area contributed by atoms with E-state index in [0.29, 0.717) is 26.0 Å². The van der Waals surface area contributed by atoms with Crippen molar-refractivity contribution in [1.82, 2.24) is 4.90 Å². The lowest BCUT2D eigenvalue weighted by atomic mass is 10.1. The molecule has 0 aromatic heterocycles. The fraction of sp³-hybridized carbons (Fsp3) is 0.833. The monoisotopic (exact) mass is 258 g/mol. The standard InChI is InChI=1S/C12H22N2O4/c1-17-12(16)5-3-7-18-10-4-2-6-14(9-10)11(15)8-13/h10H,2-9,13H2,1H3. The average molecular weight is 258 g/mol.